The number of ether oxygens (including phenoxy) is 3. The van der Waals surface area contributed by atoms with Gasteiger partial charge in [-0.05, 0) is 42.0 Å². The molecule has 0 spiro atoms. The number of thioether (sulfide) groups is 1. The predicted molar refractivity (Wildman–Crippen MR) is 142 cm³/mol. The Morgan fingerprint density at radius 1 is 0.944 bits per heavy atom. The molecule has 188 valence electrons. The Balaban J connectivity index is 1.97. The predicted octanol–water partition coefficient (Wildman–Crippen LogP) is 6.43. The largest absolute Gasteiger partial charge is 0.497 e. The summed E-state index contributed by atoms with van der Waals surface area (Å²) in [6, 6.07) is 17.7. The Labute approximate surface area is 217 Å². The first kappa shape index (κ1) is 27.1. The van der Waals surface area contributed by atoms with E-state index in [1.165, 1.54) is 51.3 Å². The second kappa shape index (κ2) is 13.0. The van der Waals surface area contributed by atoms with Crippen LogP contribution in [0.3, 0.4) is 0 Å². The summed E-state index contributed by atoms with van der Waals surface area (Å²) in [5.74, 6) is 1.62. The second-order valence-corrected chi connectivity index (χ2v) is 9.20. The lowest BCUT2D eigenvalue weighted by atomic mass is 10.1. The molecule has 36 heavy (non-hydrogen) atoms. The van der Waals surface area contributed by atoms with Crippen LogP contribution in [0.2, 0.25) is 0 Å². The lowest BCUT2D eigenvalue weighted by molar-refractivity contribution is -0.385. The lowest BCUT2D eigenvalue weighted by Crippen LogP contribution is -2.04. The van der Waals surface area contributed by atoms with E-state index in [9.17, 15) is 14.9 Å². The Bertz CT molecular complexity index is 1260. The smallest absolute Gasteiger partial charge is 0.280 e. The van der Waals surface area contributed by atoms with Gasteiger partial charge in [0.1, 0.15) is 5.75 Å². The number of Topliss-reactive ketones (excluding diaryl/α,β-unsaturated/α-hetero) is 1. The molecule has 0 saturated heterocycles. The first-order chi connectivity index (χ1) is 17.4. The summed E-state index contributed by atoms with van der Waals surface area (Å²) in [4.78, 5) is 25.7. The van der Waals surface area contributed by atoms with Crippen molar-refractivity contribution in [2.45, 2.75) is 10.6 Å². The third-order valence-electron chi connectivity index (χ3n) is 5.10. The number of nitro benzene ring substituents is 1. The number of carbonyl (C=O) groups excluding carboxylic acids is 1. The molecule has 0 atom stereocenters. The molecule has 0 N–H and O–H groups in total. The van der Waals surface area contributed by atoms with Gasteiger partial charge < -0.3 is 18.4 Å². The number of hydrogen-bond acceptors (Lipinski definition) is 9. The molecule has 3 aromatic rings. The molecule has 10 heteroatoms. The van der Waals surface area contributed by atoms with E-state index >= 15 is 0 Å². The normalized spacial score (nSPS) is 11.2. The number of hydrogen-bond donors (Lipinski definition) is 0. The Morgan fingerprint density at radius 2 is 1.61 bits per heavy atom. The number of nitrogens with zero attached hydrogens (tertiary/aromatic N) is 1. The number of methoxy groups -OCH3 is 3. The molecule has 8 nitrogen and oxygen atoms in total. The fourth-order valence-electron chi connectivity index (χ4n) is 3.31. The molecule has 0 aromatic heterocycles. The number of benzene rings is 3. The molecule has 0 saturated carbocycles. The quantitative estimate of drug-likeness (QED) is 0.0659. The van der Waals surface area contributed by atoms with Crippen LogP contribution in [-0.2, 0) is 9.94 Å². The molecule has 0 radical (unpaired) electrons. The molecule has 0 unspecified atom stereocenters. The molecule has 0 heterocycles. The van der Waals surface area contributed by atoms with Gasteiger partial charge in [0, 0.05) is 28.3 Å². The highest BCUT2D eigenvalue weighted by Gasteiger charge is 2.22. The van der Waals surface area contributed by atoms with Gasteiger partial charge >= 0.3 is 0 Å². The van der Waals surface area contributed by atoms with E-state index in [4.69, 9.17) is 18.4 Å². The third kappa shape index (κ3) is 6.60. The zero-order chi connectivity index (χ0) is 26.1. The number of rotatable bonds is 12. The average molecular weight is 528 g/mol. The first-order valence-electron chi connectivity index (χ1n) is 10.6. The SMILES string of the molecule is COS/C(=C\c1cc(OC)c(OC)cc1[N+](=O)[O-])C(=O)c1ccccc1SCc1ccc(OC)cc1. The highest BCUT2D eigenvalue weighted by Crippen LogP contribution is 2.38. The molecule has 3 rings (SSSR count). The van der Waals surface area contributed by atoms with Gasteiger partial charge in [0.25, 0.3) is 5.69 Å². The lowest BCUT2D eigenvalue weighted by Gasteiger charge is -2.12. The van der Waals surface area contributed by atoms with Gasteiger partial charge in [-0.2, -0.15) is 0 Å². The van der Waals surface area contributed by atoms with Crippen LogP contribution in [0.1, 0.15) is 21.5 Å². The minimum atomic E-state index is -0.536. The van der Waals surface area contributed by atoms with Crippen molar-refractivity contribution in [2.24, 2.45) is 0 Å². The van der Waals surface area contributed by atoms with Crippen LogP contribution >= 0.6 is 23.8 Å². The summed E-state index contributed by atoms with van der Waals surface area (Å²) in [6.07, 6.45) is 1.43. The van der Waals surface area contributed by atoms with E-state index < -0.39 is 4.92 Å². The van der Waals surface area contributed by atoms with E-state index in [-0.39, 0.29) is 27.7 Å². The van der Waals surface area contributed by atoms with Crippen LogP contribution < -0.4 is 14.2 Å². The fourth-order valence-corrected chi connectivity index (χ4v) is 4.86. The van der Waals surface area contributed by atoms with E-state index in [0.717, 1.165) is 28.3 Å². The van der Waals surface area contributed by atoms with E-state index in [0.29, 0.717) is 17.1 Å². The summed E-state index contributed by atoms with van der Waals surface area (Å²) < 4.78 is 20.9. The van der Waals surface area contributed by atoms with Crippen molar-refractivity contribution < 1.29 is 28.1 Å². The van der Waals surface area contributed by atoms with Gasteiger partial charge in [-0.3, -0.25) is 14.9 Å². The van der Waals surface area contributed by atoms with Gasteiger partial charge in [-0.25, -0.2) is 0 Å². The van der Waals surface area contributed by atoms with Crippen LogP contribution in [0.15, 0.2) is 70.5 Å². The van der Waals surface area contributed by atoms with Gasteiger partial charge in [-0.1, -0.05) is 24.3 Å². The molecule has 0 aliphatic rings. The van der Waals surface area contributed by atoms with Crippen molar-refractivity contribution in [1.29, 1.82) is 0 Å². The summed E-state index contributed by atoms with van der Waals surface area (Å²) in [7, 11) is 5.88. The number of allylic oxidation sites excluding steroid dienone is 1. The molecule has 0 aliphatic carbocycles. The molecule has 0 aliphatic heterocycles. The van der Waals surface area contributed by atoms with Crippen molar-refractivity contribution >= 4 is 41.4 Å². The van der Waals surface area contributed by atoms with Crippen LogP contribution in [0.4, 0.5) is 5.69 Å². The van der Waals surface area contributed by atoms with Crippen molar-refractivity contribution in [1.82, 2.24) is 0 Å². The van der Waals surface area contributed by atoms with Crippen LogP contribution in [-0.4, -0.2) is 39.1 Å². The molecular formula is C26H25NO7S2. The van der Waals surface area contributed by atoms with Gasteiger partial charge in [0.05, 0.1) is 49.9 Å². The first-order valence-corrected chi connectivity index (χ1v) is 12.4. The number of ketones is 1. The van der Waals surface area contributed by atoms with Gasteiger partial charge in [0.15, 0.2) is 11.5 Å². The summed E-state index contributed by atoms with van der Waals surface area (Å²) in [5.41, 5.74) is 1.51. The summed E-state index contributed by atoms with van der Waals surface area (Å²) in [6.45, 7) is 0. The molecular weight excluding hydrogens is 502 g/mol. The van der Waals surface area contributed by atoms with E-state index in [1.54, 1.807) is 19.2 Å². The zero-order valence-corrected chi connectivity index (χ0v) is 21.8. The van der Waals surface area contributed by atoms with Crippen molar-refractivity contribution in [2.75, 3.05) is 28.4 Å². The maximum atomic E-state index is 13.6. The summed E-state index contributed by atoms with van der Waals surface area (Å²) in [5, 5.41) is 11.7. The van der Waals surface area contributed by atoms with Crippen molar-refractivity contribution in [3.63, 3.8) is 0 Å². The van der Waals surface area contributed by atoms with Crippen LogP contribution in [0, 0.1) is 10.1 Å². The summed E-state index contributed by atoms with van der Waals surface area (Å²) >= 11 is 2.36. The van der Waals surface area contributed by atoms with Gasteiger partial charge in [-0.15, -0.1) is 11.8 Å². The van der Waals surface area contributed by atoms with Crippen molar-refractivity contribution in [3.05, 3.63) is 92.4 Å². The monoisotopic (exact) mass is 527 g/mol. The molecule has 0 amide bonds. The Morgan fingerprint density at radius 3 is 2.22 bits per heavy atom. The van der Waals surface area contributed by atoms with Crippen molar-refractivity contribution in [3.8, 4) is 17.2 Å². The van der Waals surface area contributed by atoms with Crippen LogP contribution in [0.25, 0.3) is 6.08 Å². The highest BCUT2D eigenvalue weighted by molar-refractivity contribution is 8.00. The average Bonchev–Trinajstić information content (AvgIpc) is 2.91. The minimum Gasteiger partial charge on any atom is -0.497 e. The third-order valence-corrected chi connectivity index (χ3v) is 6.89. The second-order valence-electron chi connectivity index (χ2n) is 7.24. The maximum absolute atomic E-state index is 13.6. The zero-order valence-electron chi connectivity index (χ0n) is 20.2. The van der Waals surface area contributed by atoms with Gasteiger partial charge in [0.2, 0.25) is 5.78 Å². The maximum Gasteiger partial charge on any atom is 0.280 e. The van der Waals surface area contributed by atoms with E-state index in [2.05, 4.69) is 0 Å². The topological polar surface area (TPSA) is 97.1 Å². The van der Waals surface area contributed by atoms with Crippen LogP contribution in [0.5, 0.6) is 17.2 Å². The molecule has 3 aromatic carbocycles. The highest BCUT2D eigenvalue weighted by atomic mass is 32.2. The number of carbonyl (C=O) groups is 1. The Hall–Kier alpha value is -3.47. The minimum absolute atomic E-state index is 0.185. The standard InChI is InChI=1S/C26H25NO7S2/c1-31-19-11-9-17(10-12-19)16-35-24-8-6-5-7-20(24)26(28)25(36-34-4)14-18-13-22(32-2)23(33-3)15-21(18)27(29)30/h5-15H,16H2,1-4H3/b25-14-. The molecule has 0 bridgehead atoms. The van der Waals surface area contributed by atoms with E-state index in [1.807, 2.05) is 36.4 Å². The number of nitro groups is 1. The molecule has 0 fully saturated rings. The fraction of sp³-hybridized carbons (Fsp3) is 0.192. The Kier molecular flexibility index (Phi) is 9.80.